The maximum absolute atomic E-state index is 6.10. The molecule has 0 aliphatic rings. The van der Waals surface area contributed by atoms with Crippen molar-refractivity contribution in [1.82, 2.24) is 4.90 Å². The molecule has 0 fully saturated rings. The second-order valence-electron chi connectivity index (χ2n) is 5.17. The molecule has 0 aromatic carbocycles. The lowest BCUT2D eigenvalue weighted by Crippen LogP contribution is -2.55. The van der Waals surface area contributed by atoms with E-state index < -0.39 is 0 Å². The van der Waals surface area contributed by atoms with Crippen molar-refractivity contribution < 1.29 is 0 Å². The minimum Gasteiger partial charge on any atom is -0.329 e. The van der Waals surface area contributed by atoms with Crippen LogP contribution in [0.25, 0.3) is 0 Å². The van der Waals surface area contributed by atoms with Crippen molar-refractivity contribution in [1.29, 1.82) is 0 Å². The number of likely N-dealkylation sites (N-methyl/N-ethyl adjacent to an activating group) is 1. The Hall–Kier alpha value is 0.270. The molecule has 0 aromatic rings. The Morgan fingerprint density at radius 2 is 1.76 bits per heavy atom. The molecule has 2 nitrogen and oxygen atoms in total. The fourth-order valence-corrected chi connectivity index (χ4v) is 3.28. The van der Waals surface area contributed by atoms with Crippen LogP contribution in [0.2, 0.25) is 0 Å². The summed E-state index contributed by atoms with van der Waals surface area (Å²) in [6.07, 6.45) is 8.32. The lowest BCUT2D eigenvalue weighted by atomic mass is 9.85. The van der Waals surface area contributed by atoms with Crippen LogP contribution in [-0.4, -0.2) is 42.1 Å². The first-order valence-corrected chi connectivity index (χ1v) is 8.39. The van der Waals surface area contributed by atoms with E-state index in [0.29, 0.717) is 6.04 Å². The van der Waals surface area contributed by atoms with E-state index >= 15 is 0 Å². The van der Waals surface area contributed by atoms with E-state index in [1.165, 1.54) is 37.9 Å². The SMILES string of the molecule is CCCC(CN)(CCC)N(C)C(C)CCSC. The Labute approximate surface area is 113 Å². The molecule has 0 saturated heterocycles. The summed E-state index contributed by atoms with van der Waals surface area (Å²) in [7, 11) is 2.27. The van der Waals surface area contributed by atoms with E-state index in [0.717, 1.165) is 6.54 Å². The molecule has 3 heteroatoms. The smallest absolute Gasteiger partial charge is 0.0331 e. The van der Waals surface area contributed by atoms with Crippen molar-refractivity contribution in [3.8, 4) is 0 Å². The molecular weight excluding hydrogens is 228 g/mol. The summed E-state index contributed by atoms with van der Waals surface area (Å²) in [4.78, 5) is 2.55. The van der Waals surface area contributed by atoms with E-state index in [-0.39, 0.29) is 5.54 Å². The van der Waals surface area contributed by atoms with Crippen LogP contribution in [0.3, 0.4) is 0 Å². The second-order valence-corrected chi connectivity index (χ2v) is 6.16. The van der Waals surface area contributed by atoms with Crippen molar-refractivity contribution in [2.45, 2.75) is 64.5 Å². The van der Waals surface area contributed by atoms with Crippen LogP contribution in [0.1, 0.15) is 52.9 Å². The van der Waals surface area contributed by atoms with Crippen LogP contribution in [0.4, 0.5) is 0 Å². The van der Waals surface area contributed by atoms with Gasteiger partial charge in [0.15, 0.2) is 0 Å². The topological polar surface area (TPSA) is 29.3 Å². The first-order chi connectivity index (χ1) is 8.07. The minimum absolute atomic E-state index is 0.224. The molecule has 0 saturated carbocycles. The van der Waals surface area contributed by atoms with Crippen molar-refractivity contribution in [3.63, 3.8) is 0 Å². The fraction of sp³-hybridized carbons (Fsp3) is 1.00. The molecule has 0 aliphatic carbocycles. The molecule has 0 aromatic heterocycles. The third kappa shape index (κ3) is 5.19. The highest BCUT2D eigenvalue weighted by Gasteiger charge is 2.33. The molecule has 0 amide bonds. The Morgan fingerprint density at radius 1 is 1.24 bits per heavy atom. The van der Waals surface area contributed by atoms with E-state index in [1.54, 1.807) is 0 Å². The predicted molar refractivity (Wildman–Crippen MR) is 81.8 cm³/mol. The van der Waals surface area contributed by atoms with Gasteiger partial charge in [-0.15, -0.1) is 0 Å². The van der Waals surface area contributed by atoms with Gasteiger partial charge in [-0.05, 0) is 45.2 Å². The number of hydrogen-bond acceptors (Lipinski definition) is 3. The van der Waals surface area contributed by atoms with Gasteiger partial charge < -0.3 is 5.73 Å². The Morgan fingerprint density at radius 3 is 2.12 bits per heavy atom. The second kappa shape index (κ2) is 9.23. The van der Waals surface area contributed by atoms with Crippen molar-refractivity contribution in [2.75, 3.05) is 25.6 Å². The third-order valence-corrected chi connectivity index (χ3v) is 4.60. The highest BCUT2D eigenvalue weighted by atomic mass is 32.2. The van der Waals surface area contributed by atoms with Crippen molar-refractivity contribution in [3.05, 3.63) is 0 Å². The highest BCUT2D eigenvalue weighted by molar-refractivity contribution is 7.98. The van der Waals surface area contributed by atoms with Crippen molar-refractivity contribution in [2.24, 2.45) is 5.73 Å². The zero-order valence-electron chi connectivity index (χ0n) is 12.5. The molecule has 1 atom stereocenters. The minimum atomic E-state index is 0.224. The largest absolute Gasteiger partial charge is 0.329 e. The molecule has 0 aliphatic heterocycles. The molecule has 0 heterocycles. The summed E-state index contributed by atoms with van der Waals surface area (Å²) in [5, 5.41) is 0. The average molecular weight is 260 g/mol. The van der Waals surface area contributed by atoms with Crippen LogP contribution in [0.5, 0.6) is 0 Å². The molecule has 104 valence electrons. The summed E-state index contributed by atoms with van der Waals surface area (Å²) in [5.74, 6) is 1.24. The lowest BCUT2D eigenvalue weighted by molar-refractivity contribution is 0.0649. The van der Waals surface area contributed by atoms with Crippen molar-refractivity contribution >= 4 is 11.8 Å². The molecule has 17 heavy (non-hydrogen) atoms. The van der Waals surface area contributed by atoms with Gasteiger partial charge in [0, 0.05) is 18.1 Å². The molecule has 1 unspecified atom stereocenters. The van der Waals surface area contributed by atoms with E-state index in [9.17, 15) is 0 Å². The molecule has 0 rings (SSSR count). The standard InChI is InChI=1S/C14H32N2S/c1-6-9-14(12-15,10-7-2)16(4)13(3)8-11-17-5/h13H,6-12,15H2,1-5H3. The summed E-state index contributed by atoms with van der Waals surface area (Å²) in [6.45, 7) is 7.65. The summed E-state index contributed by atoms with van der Waals surface area (Å²) < 4.78 is 0. The predicted octanol–water partition coefficient (Wildman–Crippen LogP) is 3.36. The molecule has 0 bridgehead atoms. The van der Waals surface area contributed by atoms with Gasteiger partial charge in [-0.2, -0.15) is 11.8 Å². The number of hydrogen-bond donors (Lipinski definition) is 1. The van der Waals surface area contributed by atoms with Gasteiger partial charge in [0.2, 0.25) is 0 Å². The zero-order chi connectivity index (χ0) is 13.3. The maximum Gasteiger partial charge on any atom is 0.0331 e. The van der Waals surface area contributed by atoms with Gasteiger partial charge in [-0.25, -0.2) is 0 Å². The summed E-state index contributed by atoms with van der Waals surface area (Å²) >= 11 is 1.93. The van der Waals surface area contributed by atoms with Gasteiger partial charge in [-0.1, -0.05) is 26.7 Å². The Balaban J connectivity index is 4.63. The number of nitrogens with two attached hydrogens (primary N) is 1. The summed E-state index contributed by atoms with van der Waals surface area (Å²) in [6, 6.07) is 0.629. The van der Waals surface area contributed by atoms with Gasteiger partial charge in [0.05, 0.1) is 0 Å². The Kier molecular flexibility index (Phi) is 9.38. The van der Waals surface area contributed by atoms with Gasteiger partial charge in [0.25, 0.3) is 0 Å². The average Bonchev–Trinajstić information content (AvgIpc) is 2.34. The van der Waals surface area contributed by atoms with Crippen LogP contribution in [0.15, 0.2) is 0 Å². The highest BCUT2D eigenvalue weighted by Crippen LogP contribution is 2.28. The zero-order valence-corrected chi connectivity index (χ0v) is 13.3. The molecule has 0 radical (unpaired) electrons. The molecule has 2 N–H and O–H groups in total. The van der Waals surface area contributed by atoms with Crippen LogP contribution in [0, 0.1) is 0 Å². The van der Waals surface area contributed by atoms with E-state index in [1.807, 2.05) is 11.8 Å². The lowest BCUT2D eigenvalue weighted by Gasteiger charge is -2.45. The third-order valence-electron chi connectivity index (χ3n) is 3.96. The van der Waals surface area contributed by atoms with Crippen LogP contribution in [-0.2, 0) is 0 Å². The number of rotatable bonds is 10. The van der Waals surface area contributed by atoms with Crippen LogP contribution >= 0.6 is 11.8 Å². The van der Waals surface area contributed by atoms with Crippen LogP contribution < -0.4 is 5.73 Å². The summed E-state index contributed by atoms with van der Waals surface area (Å²) in [5.41, 5.74) is 6.32. The quantitative estimate of drug-likeness (QED) is 0.653. The molecular formula is C14H32N2S. The van der Waals surface area contributed by atoms with Gasteiger partial charge >= 0.3 is 0 Å². The van der Waals surface area contributed by atoms with Gasteiger partial charge in [-0.3, -0.25) is 4.90 Å². The van der Waals surface area contributed by atoms with E-state index in [4.69, 9.17) is 5.73 Å². The normalized spacial score (nSPS) is 14.3. The maximum atomic E-state index is 6.10. The monoisotopic (exact) mass is 260 g/mol. The van der Waals surface area contributed by atoms with Gasteiger partial charge in [0.1, 0.15) is 0 Å². The first kappa shape index (κ1) is 17.3. The number of thioether (sulfide) groups is 1. The molecule has 0 spiro atoms. The fourth-order valence-electron chi connectivity index (χ4n) is 2.71. The van der Waals surface area contributed by atoms with E-state index in [2.05, 4.69) is 39.0 Å². The number of nitrogens with zero attached hydrogens (tertiary/aromatic N) is 1. The Bertz CT molecular complexity index is 179. The first-order valence-electron chi connectivity index (χ1n) is 6.99.